The Kier molecular flexibility index (Phi) is 5.67. The number of thiophene rings is 1. The maximum atomic E-state index is 12.5. The standard InChI is InChI=1S/C19H23N3O3S2/c1-4-16-13(2)12-17(26-16)19(23)20-14-7-9-15(10-8-14)27(24,25)21-18-6-5-11-22(18)3/h7-10,12H,4-6,11H2,1-3H3,(H,20,23)/b21-18+. The van der Waals surface area contributed by atoms with Gasteiger partial charge in [0.2, 0.25) is 0 Å². The second-order valence-electron chi connectivity index (χ2n) is 6.56. The summed E-state index contributed by atoms with van der Waals surface area (Å²) in [5.74, 6) is 0.401. The number of amides is 1. The van der Waals surface area contributed by atoms with E-state index in [9.17, 15) is 13.2 Å². The van der Waals surface area contributed by atoms with Crippen LogP contribution in [0.25, 0.3) is 0 Å². The van der Waals surface area contributed by atoms with Crippen LogP contribution in [0.15, 0.2) is 39.6 Å². The van der Waals surface area contributed by atoms with E-state index in [4.69, 9.17) is 0 Å². The fourth-order valence-electron chi connectivity index (χ4n) is 2.99. The molecule has 0 unspecified atom stereocenters. The Morgan fingerprint density at radius 1 is 1.30 bits per heavy atom. The zero-order valence-electron chi connectivity index (χ0n) is 15.7. The van der Waals surface area contributed by atoms with Crippen molar-refractivity contribution in [1.29, 1.82) is 0 Å². The van der Waals surface area contributed by atoms with Gasteiger partial charge in [-0.2, -0.15) is 8.42 Å². The van der Waals surface area contributed by atoms with Gasteiger partial charge in [-0.1, -0.05) is 6.92 Å². The van der Waals surface area contributed by atoms with Gasteiger partial charge in [-0.15, -0.1) is 15.7 Å². The molecule has 1 aliphatic rings. The highest BCUT2D eigenvalue weighted by Gasteiger charge is 2.20. The van der Waals surface area contributed by atoms with Crippen molar-refractivity contribution in [2.45, 2.75) is 38.0 Å². The second kappa shape index (κ2) is 7.82. The first-order chi connectivity index (χ1) is 12.8. The molecule has 1 fully saturated rings. The predicted octanol–water partition coefficient (Wildman–Crippen LogP) is 3.68. The molecule has 0 aliphatic carbocycles. The van der Waals surface area contributed by atoms with E-state index < -0.39 is 10.0 Å². The number of hydrogen-bond acceptors (Lipinski definition) is 4. The van der Waals surface area contributed by atoms with Gasteiger partial charge in [0.15, 0.2) is 0 Å². The summed E-state index contributed by atoms with van der Waals surface area (Å²) in [6.07, 6.45) is 2.48. The topological polar surface area (TPSA) is 78.8 Å². The molecule has 0 spiro atoms. The van der Waals surface area contributed by atoms with Crippen LogP contribution >= 0.6 is 11.3 Å². The van der Waals surface area contributed by atoms with Crippen LogP contribution in [-0.2, 0) is 16.4 Å². The van der Waals surface area contributed by atoms with Crippen molar-refractivity contribution < 1.29 is 13.2 Å². The summed E-state index contributed by atoms with van der Waals surface area (Å²) in [5, 5.41) is 2.81. The number of nitrogens with one attached hydrogen (secondary N) is 1. The molecule has 0 atom stereocenters. The minimum atomic E-state index is -3.74. The van der Waals surface area contributed by atoms with E-state index in [1.807, 2.05) is 24.9 Å². The molecule has 0 saturated carbocycles. The molecule has 1 aromatic carbocycles. The molecule has 6 nitrogen and oxygen atoms in total. The highest BCUT2D eigenvalue weighted by molar-refractivity contribution is 7.90. The van der Waals surface area contributed by atoms with E-state index >= 15 is 0 Å². The van der Waals surface area contributed by atoms with Crippen molar-refractivity contribution in [3.63, 3.8) is 0 Å². The molecule has 1 amide bonds. The molecule has 2 heterocycles. The van der Waals surface area contributed by atoms with Gasteiger partial charge in [-0.3, -0.25) is 4.79 Å². The molecule has 0 bridgehead atoms. The van der Waals surface area contributed by atoms with Crippen LogP contribution in [0.4, 0.5) is 5.69 Å². The van der Waals surface area contributed by atoms with Gasteiger partial charge in [-0.25, -0.2) is 0 Å². The summed E-state index contributed by atoms with van der Waals surface area (Å²) >= 11 is 1.48. The van der Waals surface area contributed by atoms with Gasteiger partial charge in [0.1, 0.15) is 5.84 Å². The summed E-state index contributed by atoms with van der Waals surface area (Å²) < 4.78 is 28.9. The highest BCUT2D eigenvalue weighted by Crippen LogP contribution is 2.24. The summed E-state index contributed by atoms with van der Waals surface area (Å²) in [6.45, 7) is 4.88. The monoisotopic (exact) mass is 405 g/mol. The maximum Gasteiger partial charge on any atom is 0.283 e. The molecule has 144 valence electrons. The molecule has 1 aliphatic heterocycles. The largest absolute Gasteiger partial charge is 0.362 e. The highest BCUT2D eigenvalue weighted by atomic mass is 32.2. The molecule has 8 heteroatoms. The molecule has 27 heavy (non-hydrogen) atoms. The van der Waals surface area contributed by atoms with Crippen molar-refractivity contribution in [3.8, 4) is 0 Å². The molecule has 2 aromatic rings. The van der Waals surface area contributed by atoms with E-state index in [2.05, 4.69) is 16.6 Å². The normalized spacial score (nSPS) is 16.1. The second-order valence-corrected chi connectivity index (χ2v) is 9.30. The quantitative estimate of drug-likeness (QED) is 0.823. The number of carbonyl (C=O) groups is 1. The smallest absolute Gasteiger partial charge is 0.283 e. The van der Waals surface area contributed by atoms with Crippen LogP contribution in [0.5, 0.6) is 0 Å². The molecular weight excluding hydrogens is 382 g/mol. The molecule has 3 rings (SSSR count). The summed E-state index contributed by atoms with van der Waals surface area (Å²) in [5.41, 5.74) is 1.67. The average molecular weight is 406 g/mol. The number of carbonyl (C=O) groups excluding carboxylic acids is 1. The number of amidine groups is 1. The fourth-order valence-corrected chi connectivity index (χ4v) is 5.09. The van der Waals surface area contributed by atoms with E-state index in [-0.39, 0.29) is 10.8 Å². The Morgan fingerprint density at radius 2 is 2.00 bits per heavy atom. The van der Waals surface area contributed by atoms with Crippen molar-refractivity contribution in [1.82, 2.24) is 4.90 Å². The first-order valence-corrected chi connectivity index (χ1v) is 11.1. The number of aryl methyl sites for hydroxylation is 2. The first kappa shape index (κ1) is 19.6. The van der Waals surface area contributed by atoms with Crippen LogP contribution in [0.1, 0.15) is 39.9 Å². The van der Waals surface area contributed by atoms with E-state index in [1.165, 1.54) is 28.3 Å². The minimum Gasteiger partial charge on any atom is -0.362 e. The minimum absolute atomic E-state index is 0.119. The Morgan fingerprint density at radius 3 is 2.56 bits per heavy atom. The van der Waals surface area contributed by atoms with Crippen molar-refractivity contribution in [3.05, 3.63) is 45.6 Å². The van der Waals surface area contributed by atoms with Crippen LogP contribution < -0.4 is 5.32 Å². The number of anilines is 1. The first-order valence-electron chi connectivity index (χ1n) is 8.86. The van der Waals surface area contributed by atoms with Gasteiger partial charge in [-0.05, 0) is 55.7 Å². The van der Waals surface area contributed by atoms with Gasteiger partial charge >= 0.3 is 0 Å². The third kappa shape index (κ3) is 4.39. The van der Waals surface area contributed by atoms with Crippen molar-refractivity contribution in [2.24, 2.45) is 4.40 Å². The number of hydrogen-bond donors (Lipinski definition) is 1. The van der Waals surface area contributed by atoms with Crippen molar-refractivity contribution in [2.75, 3.05) is 18.9 Å². The lowest BCUT2D eigenvalue weighted by Crippen LogP contribution is -2.20. The van der Waals surface area contributed by atoms with Crippen LogP contribution in [0.2, 0.25) is 0 Å². The lowest BCUT2D eigenvalue weighted by atomic mass is 10.2. The number of rotatable bonds is 5. The number of likely N-dealkylation sites (tertiary alicyclic amines) is 1. The number of nitrogens with zero attached hydrogens (tertiary/aromatic N) is 2. The van der Waals surface area contributed by atoms with Gasteiger partial charge in [0, 0.05) is 30.6 Å². The van der Waals surface area contributed by atoms with Crippen LogP contribution in [-0.4, -0.2) is 38.7 Å². The Balaban J connectivity index is 1.74. The van der Waals surface area contributed by atoms with Crippen molar-refractivity contribution >= 4 is 38.8 Å². The average Bonchev–Trinajstić information content (AvgIpc) is 3.20. The zero-order chi connectivity index (χ0) is 19.6. The molecule has 1 aromatic heterocycles. The van der Waals surface area contributed by atoms with Gasteiger partial charge in [0.05, 0.1) is 9.77 Å². The van der Waals surface area contributed by atoms with E-state index in [0.29, 0.717) is 22.8 Å². The summed E-state index contributed by atoms with van der Waals surface area (Å²) in [6, 6.07) is 8.00. The van der Waals surface area contributed by atoms with Gasteiger partial charge in [0.25, 0.3) is 15.9 Å². The lowest BCUT2D eigenvalue weighted by molar-refractivity contribution is 0.103. The molecule has 1 saturated heterocycles. The van der Waals surface area contributed by atoms with Crippen LogP contribution in [0.3, 0.4) is 0 Å². The maximum absolute atomic E-state index is 12.5. The predicted molar refractivity (Wildman–Crippen MR) is 109 cm³/mol. The zero-order valence-corrected chi connectivity index (χ0v) is 17.3. The lowest BCUT2D eigenvalue weighted by Gasteiger charge is -2.11. The van der Waals surface area contributed by atoms with E-state index in [0.717, 1.165) is 24.9 Å². The number of sulfonamides is 1. The SMILES string of the molecule is CCc1sc(C(=O)Nc2ccc(S(=O)(=O)/N=C3\CCCN3C)cc2)cc1C. The number of benzene rings is 1. The third-order valence-electron chi connectivity index (χ3n) is 4.54. The fraction of sp³-hybridized carbons (Fsp3) is 0.368. The van der Waals surface area contributed by atoms with Crippen LogP contribution in [0, 0.1) is 6.92 Å². The Hall–Kier alpha value is -2.19. The Bertz CT molecular complexity index is 976. The molecule has 0 radical (unpaired) electrons. The molecular formula is C19H23N3O3S2. The molecule has 1 N–H and O–H groups in total. The van der Waals surface area contributed by atoms with E-state index in [1.54, 1.807) is 12.1 Å². The summed E-state index contributed by atoms with van der Waals surface area (Å²) in [7, 11) is -1.90. The van der Waals surface area contributed by atoms with Gasteiger partial charge < -0.3 is 10.2 Å². The third-order valence-corrected chi connectivity index (χ3v) is 7.23. The Labute approximate surface area is 164 Å². The summed E-state index contributed by atoms with van der Waals surface area (Å²) in [4.78, 5) is 16.2.